The maximum atomic E-state index is 11.5. The van der Waals surface area contributed by atoms with Crippen LogP contribution in [0.15, 0.2) is 34.1 Å². The molecule has 0 aliphatic carbocycles. The molecular weight excluding hydrogens is 275 g/mol. The summed E-state index contributed by atoms with van der Waals surface area (Å²) in [7, 11) is -0.989. The van der Waals surface area contributed by atoms with Gasteiger partial charge in [0.2, 0.25) is 0 Å². The molecule has 1 aromatic carbocycles. The third-order valence-corrected chi connectivity index (χ3v) is 3.31. The second kappa shape index (κ2) is 5.57. The lowest BCUT2D eigenvalue weighted by Crippen LogP contribution is -2.28. The third kappa shape index (κ3) is 2.75. The van der Waals surface area contributed by atoms with Gasteiger partial charge in [-0.25, -0.2) is 4.79 Å². The van der Waals surface area contributed by atoms with E-state index >= 15 is 0 Å². The summed E-state index contributed by atoms with van der Waals surface area (Å²) >= 11 is 0. The fraction of sp³-hybridized carbons (Fsp3) is 0.308. The lowest BCUT2D eigenvalue weighted by molar-refractivity contribution is 0.0690. The number of carboxylic acids is 1. The van der Waals surface area contributed by atoms with Crippen LogP contribution in [0.25, 0.3) is 0 Å². The Balaban J connectivity index is 1.90. The van der Waals surface area contributed by atoms with Crippen molar-refractivity contribution in [2.45, 2.75) is 12.7 Å². The predicted molar refractivity (Wildman–Crippen MR) is 73.8 cm³/mol. The molecule has 7 nitrogen and oxygen atoms in total. The smallest absolute Gasteiger partial charge is 0.522 e. The lowest BCUT2D eigenvalue weighted by Gasteiger charge is -2.22. The molecule has 0 fully saturated rings. The number of fused-ring (bicyclic) bond motifs is 1. The van der Waals surface area contributed by atoms with Crippen LogP contribution >= 0.6 is 0 Å². The van der Waals surface area contributed by atoms with E-state index in [4.69, 9.17) is 9.39 Å². The summed E-state index contributed by atoms with van der Waals surface area (Å²) in [6, 6.07) is 3.36. The van der Waals surface area contributed by atoms with Gasteiger partial charge in [0.25, 0.3) is 0 Å². The summed E-state index contributed by atoms with van der Waals surface area (Å²) in [6.07, 6.45) is 2.81. The zero-order chi connectivity index (χ0) is 14.8. The summed E-state index contributed by atoms with van der Waals surface area (Å²) < 4.78 is 10.8. The minimum atomic E-state index is -1.15. The number of ether oxygens (including phenoxy) is 1. The van der Waals surface area contributed by atoms with Crippen LogP contribution in [0.4, 0.5) is 0 Å². The molecule has 1 aromatic rings. The van der Waals surface area contributed by atoms with E-state index in [2.05, 4.69) is 10.2 Å². The van der Waals surface area contributed by atoms with Gasteiger partial charge in [-0.1, -0.05) is 6.07 Å². The molecule has 0 spiro atoms. The Morgan fingerprint density at radius 2 is 2.33 bits per heavy atom. The van der Waals surface area contributed by atoms with Gasteiger partial charge >= 0.3 is 13.1 Å². The first-order valence-electron chi connectivity index (χ1n) is 6.58. The number of carbonyl (C=O) groups is 1. The van der Waals surface area contributed by atoms with Crippen LogP contribution in [0.3, 0.4) is 0 Å². The molecule has 0 bridgehead atoms. The van der Waals surface area contributed by atoms with E-state index in [0.29, 0.717) is 25.0 Å². The van der Waals surface area contributed by atoms with Gasteiger partial charge in [0, 0.05) is 0 Å². The van der Waals surface area contributed by atoms with E-state index in [1.807, 2.05) is 0 Å². The van der Waals surface area contributed by atoms with E-state index in [1.54, 1.807) is 18.2 Å². The zero-order valence-corrected chi connectivity index (χ0v) is 11.2. The van der Waals surface area contributed by atoms with Gasteiger partial charge in [0.05, 0.1) is 12.2 Å². The first-order valence-corrected chi connectivity index (χ1v) is 6.58. The molecule has 0 aromatic heterocycles. The highest BCUT2D eigenvalue weighted by molar-refractivity contribution is 6.44. The van der Waals surface area contributed by atoms with E-state index in [-0.39, 0.29) is 23.7 Å². The predicted octanol–water partition coefficient (Wildman–Crippen LogP) is 1.53. The molecule has 0 atom stereocenters. The number of aromatic carboxylic acids is 1. The highest BCUT2D eigenvalue weighted by Crippen LogP contribution is 2.36. The Bertz CT molecular complexity index is 644. The van der Waals surface area contributed by atoms with Crippen molar-refractivity contribution < 1.29 is 24.3 Å². The molecule has 2 aliphatic heterocycles. The topological polar surface area (TPSA) is 101 Å². The normalized spacial score (nSPS) is 16.2. The third-order valence-electron chi connectivity index (χ3n) is 3.31. The lowest BCUT2D eigenvalue weighted by atomic mass is 9.78. The Hall–Kier alpha value is -2.35. The van der Waals surface area contributed by atoms with Crippen LogP contribution in [0.1, 0.15) is 15.9 Å². The van der Waals surface area contributed by atoms with Crippen molar-refractivity contribution in [1.29, 1.82) is 0 Å². The summed E-state index contributed by atoms with van der Waals surface area (Å²) in [5.41, 5.74) is 1.34. The fourth-order valence-electron chi connectivity index (χ4n) is 2.29. The standard InChI is InChI=1S/C13H13BN2O5/c17-13(18)11-10(20-7-9-4-6-15-16-9)2-1-8-3-5-14(19)21-12(8)11/h1-2,4,19H,3,5-7H2,(H,17,18). The van der Waals surface area contributed by atoms with Crippen molar-refractivity contribution >= 4 is 13.1 Å². The molecular formula is C13H13BN2O5. The van der Waals surface area contributed by atoms with Crippen molar-refractivity contribution in [3.63, 3.8) is 0 Å². The molecule has 0 saturated carbocycles. The van der Waals surface area contributed by atoms with Gasteiger partial charge in [-0.05, 0) is 30.4 Å². The fourth-order valence-corrected chi connectivity index (χ4v) is 2.29. The molecule has 0 unspecified atom stereocenters. The summed E-state index contributed by atoms with van der Waals surface area (Å²) in [5.74, 6) is -0.780. The van der Waals surface area contributed by atoms with Gasteiger partial charge in [0.15, 0.2) is 0 Å². The van der Waals surface area contributed by atoms with Crippen LogP contribution in [0, 0.1) is 0 Å². The molecule has 3 rings (SSSR count). The molecule has 2 aliphatic rings. The van der Waals surface area contributed by atoms with E-state index in [0.717, 1.165) is 5.56 Å². The van der Waals surface area contributed by atoms with Gasteiger partial charge in [-0.2, -0.15) is 10.2 Å². The maximum absolute atomic E-state index is 11.5. The number of aryl methyl sites for hydroxylation is 1. The molecule has 21 heavy (non-hydrogen) atoms. The molecule has 2 N–H and O–H groups in total. The quantitative estimate of drug-likeness (QED) is 0.818. The Labute approximate surface area is 121 Å². The number of nitrogens with zero attached hydrogens (tertiary/aromatic N) is 2. The minimum Gasteiger partial charge on any atom is -0.535 e. The van der Waals surface area contributed by atoms with Crippen LogP contribution < -0.4 is 9.39 Å². The van der Waals surface area contributed by atoms with Crippen molar-refractivity contribution in [3.05, 3.63) is 35.0 Å². The monoisotopic (exact) mass is 288 g/mol. The highest BCUT2D eigenvalue weighted by Gasteiger charge is 2.30. The number of hydrogen-bond acceptors (Lipinski definition) is 6. The minimum absolute atomic E-state index is 0.0678. The Morgan fingerprint density at radius 1 is 1.48 bits per heavy atom. The van der Waals surface area contributed by atoms with Crippen LogP contribution in [-0.2, 0) is 6.42 Å². The van der Waals surface area contributed by atoms with Crippen molar-refractivity contribution in [1.82, 2.24) is 0 Å². The molecule has 8 heteroatoms. The largest absolute Gasteiger partial charge is 0.535 e. The second-order valence-electron chi connectivity index (χ2n) is 4.75. The van der Waals surface area contributed by atoms with Gasteiger partial charge in [0.1, 0.15) is 23.7 Å². The number of hydrogen-bond donors (Lipinski definition) is 2. The van der Waals surface area contributed by atoms with E-state index in [1.165, 1.54) is 0 Å². The maximum Gasteiger partial charge on any atom is 0.522 e. The van der Waals surface area contributed by atoms with Crippen molar-refractivity contribution in [2.75, 3.05) is 13.2 Å². The van der Waals surface area contributed by atoms with Crippen molar-refractivity contribution in [2.24, 2.45) is 10.2 Å². The first-order chi connectivity index (χ1) is 10.1. The SMILES string of the molecule is O=C(O)c1c(OCC2=CCN=N2)ccc2c1OB(O)CC2. The van der Waals surface area contributed by atoms with Gasteiger partial charge < -0.3 is 19.5 Å². The molecule has 2 heterocycles. The number of rotatable bonds is 4. The van der Waals surface area contributed by atoms with Crippen LogP contribution in [0.5, 0.6) is 11.5 Å². The molecule has 0 saturated heterocycles. The zero-order valence-electron chi connectivity index (χ0n) is 11.2. The van der Waals surface area contributed by atoms with Gasteiger partial charge in [-0.15, -0.1) is 0 Å². The number of carboxylic acid groups (broad SMARTS) is 1. The van der Waals surface area contributed by atoms with Crippen LogP contribution in [0.2, 0.25) is 6.32 Å². The molecule has 0 amide bonds. The molecule has 0 radical (unpaired) electrons. The average molecular weight is 288 g/mol. The molecule has 108 valence electrons. The van der Waals surface area contributed by atoms with E-state index in [9.17, 15) is 14.9 Å². The number of azo groups is 1. The first kappa shape index (κ1) is 13.6. The Kier molecular flexibility index (Phi) is 3.61. The van der Waals surface area contributed by atoms with Crippen molar-refractivity contribution in [3.8, 4) is 11.5 Å². The van der Waals surface area contributed by atoms with Gasteiger partial charge in [-0.3, -0.25) is 0 Å². The second-order valence-corrected chi connectivity index (χ2v) is 4.75. The highest BCUT2D eigenvalue weighted by atomic mass is 16.5. The summed E-state index contributed by atoms with van der Waals surface area (Å²) in [6.45, 7) is 0.662. The Morgan fingerprint density at radius 3 is 3.05 bits per heavy atom. The van der Waals surface area contributed by atoms with Crippen LogP contribution in [-0.4, -0.2) is 36.4 Å². The van der Waals surface area contributed by atoms with E-state index < -0.39 is 13.1 Å². The average Bonchev–Trinajstić information content (AvgIpc) is 2.97. The number of benzene rings is 1. The summed E-state index contributed by atoms with van der Waals surface area (Å²) in [4.78, 5) is 11.5. The summed E-state index contributed by atoms with van der Waals surface area (Å²) in [5, 5.41) is 26.6.